The molecule has 1 aliphatic heterocycles. The average Bonchev–Trinajstić information content (AvgIpc) is 2.26. The van der Waals surface area contributed by atoms with Crippen molar-refractivity contribution in [2.75, 3.05) is 19.6 Å². The molecule has 1 unspecified atom stereocenters. The van der Waals surface area contributed by atoms with E-state index in [4.69, 9.17) is 10.2 Å². The minimum atomic E-state index is -1.52. The van der Waals surface area contributed by atoms with Gasteiger partial charge < -0.3 is 20.8 Å². The van der Waals surface area contributed by atoms with E-state index in [1.807, 2.05) is 0 Å². The number of piperidine rings is 1. The standard InChI is InChI=1S/C9H16N2O4/c12-7(9(14)15)5-11-8(13)6-2-1-3-10-4-6/h6-7,10,12H,1-5H2,(H,11,13)(H,14,15)/t6-,7?/m1/s1. The van der Waals surface area contributed by atoms with Crippen molar-refractivity contribution in [3.63, 3.8) is 0 Å². The number of aliphatic hydroxyl groups is 1. The lowest BCUT2D eigenvalue weighted by molar-refractivity contribution is -0.146. The van der Waals surface area contributed by atoms with Gasteiger partial charge in [-0.25, -0.2) is 4.79 Å². The maximum atomic E-state index is 11.5. The van der Waals surface area contributed by atoms with Crippen LogP contribution in [0.3, 0.4) is 0 Å². The number of nitrogens with one attached hydrogen (secondary N) is 2. The molecule has 2 atom stereocenters. The van der Waals surface area contributed by atoms with Gasteiger partial charge in [0.05, 0.1) is 12.5 Å². The molecule has 1 heterocycles. The monoisotopic (exact) mass is 216 g/mol. The van der Waals surface area contributed by atoms with Crippen LogP contribution in [0.2, 0.25) is 0 Å². The zero-order chi connectivity index (χ0) is 11.3. The van der Waals surface area contributed by atoms with E-state index in [0.717, 1.165) is 19.4 Å². The molecule has 1 saturated heterocycles. The smallest absolute Gasteiger partial charge is 0.334 e. The van der Waals surface area contributed by atoms with Gasteiger partial charge in [0.2, 0.25) is 5.91 Å². The molecule has 1 amide bonds. The molecule has 0 bridgehead atoms. The van der Waals surface area contributed by atoms with E-state index in [2.05, 4.69) is 10.6 Å². The molecule has 6 nitrogen and oxygen atoms in total. The van der Waals surface area contributed by atoms with Gasteiger partial charge in [0, 0.05) is 6.54 Å². The molecule has 0 aliphatic carbocycles. The summed E-state index contributed by atoms with van der Waals surface area (Å²) in [5.74, 6) is -1.63. The Morgan fingerprint density at radius 1 is 1.53 bits per heavy atom. The third-order valence-electron chi connectivity index (χ3n) is 2.42. The van der Waals surface area contributed by atoms with Crippen molar-refractivity contribution in [1.82, 2.24) is 10.6 Å². The number of carbonyl (C=O) groups is 2. The Morgan fingerprint density at radius 3 is 2.80 bits per heavy atom. The van der Waals surface area contributed by atoms with Crippen LogP contribution in [0.25, 0.3) is 0 Å². The molecule has 6 heteroatoms. The largest absolute Gasteiger partial charge is 0.479 e. The lowest BCUT2D eigenvalue weighted by Gasteiger charge is -2.22. The third-order valence-corrected chi connectivity index (χ3v) is 2.42. The molecule has 0 aromatic rings. The number of hydrogen-bond donors (Lipinski definition) is 4. The minimum Gasteiger partial charge on any atom is -0.479 e. The van der Waals surface area contributed by atoms with Gasteiger partial charge in [0.25, 0.3) is 0 Å². The van der Waals surface area contributed by atoms with Crippen LogP contribution < -0.4 is 10.6 Å². The van der Waals surface area contributed by atoms with E-state index < -0.39 is 12.1 Å². The van der Waals surface area contributed by atoms with Crippen LogP contribution in [0.5, 0.6) is 0 Å². The Bertz CT molecular complexity index is 238. The van der Waals surface area contributed by atoms with Crippen molar-refractivity contribution < 1.29 is 19.8 Å². The lowest BCUT2D eigenvalue weighted by atomic mass is 9.99. The molecule has 0 spiro atoms. The molecule has 86 valence electrons. The second kappa shape index (κ2) is 5.67. The van der Waals surface area contributed by atoms with E-state index in [1.165, 1.54) is 0 Å². The van der Waals surface area contributed by atoms with Crippen molar-refractivity contribution in [2.24, 2.45) is 5.92 Å². The van der Waals surface area contributed by atoms with Gasteiger partial charge in [-0.05, 0) is 19.4 Å². The van der Waals surface area contributed by atoms with Crippen molar-refractivity contribution in [2.45, 2.75) is 18.9 Å². The predicted molar refractivity (Wildman–Crippen MR) is 52.2 cm³/mol. The maximum absolute atomic E-state index is 11.5. The number of carboxylic acids is 1. The summed E-state index contributed by atoms with van der Waals surface area (Å²) < 4.78 is 0. The lowest BCUT2D eigenvalue weighted by Crippen LogP contribution is -2.44. The zero-order valence-corrected chi connectivity index (χ0v) is 8.40. The normalized spacial score (nSPS) is 23.1. The van der Waals surface area contributed by atoms with Crippen molar-refractivity contribution in [3.8, 4) is 0 Å². The molecule has 0 aromatic carbocycles. The molecule has 1 rings (SSSR count). The van der Waals surface area contributed by atoms with Gasteiger partial charge >= 0.3 is 5.97 Å². The van der Waals surface area contributed by atoms with E-state index >= 15 is 0 Å². The molecule has 1 fully saturated rings. The number of amides is 1. The SMILES string of the molecule is O=C(O)C(O)CNC(=O)[C@@H]1CCCNC1. The summed E-state index contributed by atoms with van der Waals surface area (Å²) in [4.78, 5) is 21.7. The molecule has 0 radical (unpaired) electrons. The highest BCUT2D eigenvalue weighted by atomic mass is 16.4. The van der Waals surface area contributed by atoms with Crippen LogP contribution >= 0.6 is 0 Å². The van der Waals surface area contributed by atoms with Gasteiger partial charge in [-0.15, -0.1) is 0 Å². The second-order valence-electron chi connectivity index (χ2n) is 3.64. The Labute approximate surface area is 87.7 Å². The molecule has 15 heavy (non-hydrogen) atoms. The Balaban J connectivity index is 2.25. The van der Waals surface area contributed by atoms with E-state index in [0.29, 0.717) is 6.54 Å². The molecule has 4 N–H and O–H groups in total. The Hall–Kier alpha value is -1.14. The Morgan fingerprint density at radius 2 is 2.27 bits per heavy atom. The molecule has 1 aliphatic rings. The van der Waals surface area contributed by atoms with Gasteiger partial charge in [0.1, 0.15) is 0 Å². The predicted octanol–water partition coefficient (Wildman–Crippen LogP) is -1.45. The van der Waals surface area contributed by atoms with Gasteiger partial charge in [0.15, 0.2) is 6.10 Å². The van der Waals surface area contributed by atoms with Crippen LogP contribution in [0.1, 0.15) is 12.8 Å². The highest BCUT2D eigenvalue weighted by molar-refractivity contribution is 5.80. The van der Waals surface area contributed by atoms with Gasteiger partial charge in [-0.3, -0.25) is 4.79 Å². The van der Waals surface area contributed by atoms with Crippen LogP contribution in [0.15, 0.2) is 0 Å². The third kappa shape index (κ3) is 3.85. The molecular formula is C9H16N2O4. The summed E-state index contributed by atoms with van der Waals surface area (Å²) in [6.07, 6.45) is 0.229. The summed E-state index contributed by atoms with van der Waals surface area (Å²) in [6, 6.07) is 0. The summed E-state index contributed by atoms with van der Waals surface area (Å²) in [5, 5.41) is 22.8. The van der Waals surface area contributed by atoms with E-state index in [1.54, 1.807) is 0 Å². The molecular weight excluding hydrogens is 200 g/mol. The number of hydrogen-bond acceptors (Lipinski definition) is 4. The summed E-state index contributed by atoms with van der Waals surface area (Å²) >= 11 is 0. The summed E-state index contributed by atoms with van der Waals surface area (Å²) in [7, 11) is 0. The van der Waals surface area contributed by atoms with Crippen LogP contribution in [0.4, 0.5) is 0 Å². The Kier molecular flexibility index (Phi) is 4.51. The first-order valence-corrected chi connectivity index (χ1v) is 5.00. The number of aliphatic hydroxyl groups excluding tert-OH is 1. The fourth-order valence-electron chi connectivity index (χ4n) is 1.50. The maximum Gasteiger partial charge on any atom is 0.334 e. The quantitative estimate of drug-likeness (QED) is 0.461. The number of aliphatic carboxylic acids is 1. The average molecular weight is 216 g/mol. The van der Waals surface area contributed by atoms with E-state index in [-0.39, 0.29) is 18.4 Å². The number of carbonyl (C=O) groups excluding carboxylic acids is 1. The summed E-state index contributed by atoms with van der Waals surface area (Å²) in [5.41, 5.74) is 0. The second-order valence-corrected chi connectivity index (χ2v) is 3.64. The highest BCUT2D eigenvalue weighted by Crippen LogP contribution is 2.09. The van der Waals surface area contributed by atoms with Crippen molar-refractivity contribution in [1.29, 1.82) is 0 Å². The van der Waals surface area contributed by atoms with Gasteiger partial charge in [-0.2, -0.15) is 0 Å². The fourth-order valence-corrected chi connectivity index (χ4v) is 1.50. The van der Waals surface area contributed by atoms with Crippen LogP contribution in [0, 0.1) is 5.92 Å². The number of rotatable bonds is 4. The zero-order valence-electron chi connectivity index (χ0n) is 8.40. The van der Waals surface area contributed by atoms with E-state index in [9.17, 15) is 9.59 Å². The van der Waals surface area contributed by atoms with Crippen molar-refractivity contribution in [3.05, 3.63) is 0 Å². The van der Waals surface area contributed by atoms with Crippen molar-refractivity contribution >= 4 is 11.9 Å². The topological polar surface area (TPSA) is 98.7 Å². The number of carboxylic acid groups (broad SMARTS) is 1. The van der Waals surface area contributed by atoms with Crippen LogP contribution in [-0.2, 0) is 9.59 Å². The molecule has 0 saturated carbocycles. The first-order valence-electron chi connectivity index (χ1n) is 5.00. The van der Waals surface area contributed by atoms with Gasteiger partial charge in [-0.1, -0.05) is 0 Å². The first-order chi connectivity index (χ1) is 7.11. The first kappa shape index (κ1) is 11.9. The minimum absolute atomic E-state index is 0.111. The summed E-state index contributed by atoms with van der Waals surface area (Å²) in [6.45, 7) is 1.31. The highest BCUT2D eigenvalue weighted by Gasteiger charge is 2.22. The van der Waals surface area contributed by atoms with Crippen LogP contribution in [-0.4, -0.2) is 47.8 Å². The fraction of sp³-hybridized carbons (Fsp3) is 0.778. The molecule has 0 aromatic heterocycles.